The number of thioether (sulfide) groups is 1. The van der Waals surface area contributed by atoms with E-state index in [9.17, 15) is 9.90 Å². The van der Waals surface area contributed by atoms with E-state index in [2.05, 4.69) is 15.4 Å². The molecule has 0 saturated carbocycles. The van der Waals surface area contributed by atoms with Crippen LogP contribution in [0.1, 0.15) is 29.7 Å². The molecule has 0 spiro atoms. The molecule has 168 valence electrons. The normalized spacial score (nSPS) is 22.1. The van der Waals surface area contributed by atoms with Crippen molar-refractivity contribution >= 4 is 35.3 Å². The summed E-state index contributed by atoms with van der Waals surface area (Å²) in [4.78, 5) is 17.6. The summed E-state index contributed by atoms with van der Waals surface area (Å²) in [5.74, 6) is -0.779. The first-order chi connectivity index (χ1) is 15.5. The van der Waals surface area contributed by atoms with E-state index in [1.54, 1.807) is 6.92 Å². The summed E-state index contributed by atoms with van der Waals surface area (Å²) in [6, 6.07) is 17.2. The van der Waals surface area contributed by atoms with E-state index in [4.69, 9.17) is 16.3 Å². The number of aliphatic hydroxyl groups is 1. The van der Waals surface area contributed by atoms with Crippen molar-refractivity contribution in [1.82, 2.24) is 14.8 Å². The maximum absolute atomic E-state index is 13.0. The van der Waals surface area contributed by atoms with Crippen LogP contribution in [0.5, 0.6) is 0 Å². The Balaban J connectivity index is 1.71. The lowest BCUT2D eigenvalue weighted by Crippen LogP contribution is -2.55. The molecule has 2 N–H and O–H groups in total. The highest BCUT2D eigenvalue weighted by Crippen LogP contribution is 2.44. The number of hydrogen-bond donors (Lipinski definition) is 2. The summed E-state index contributed by atoms with van der Waals surface area (Å²) < 4.78 is 6.64. The molecule has 1 aliphatic heterocycles. The van der Waals surface area contributed by atoms with Crippen molar-refractivity contribution in [1.29, 1.82) is 0 Å². The van der Waals surface area contributed by atoms with Gasteiger partial charge in [0.15, 0.2) is 5.72 Å². The van der Waals surface area contributed by atoms with E-state index in [1.165, 1.54) is 16.4 Å². The van der Waals surface area contributed by atoms with Crippen LogP contribution < -0.4 is 5.32 Å². The van der Waals surface area contributed by atoms with Gasteiger partial charge in [-0.1, -0.05) is 71.9 Å². The molecule has 0 bridgehead atoms. The number of alkyl halides is 1. The molecule has 32 heavy (non-hydrogen) atoms. The average Bonchev–Trinajstić information content (AvgIpc) is 3.23. The number of nitrogens with zero attached hydrogens (tertiary/aromatic N) is 3. The number of esters is 1. The van der Waals surface area contributed by atoms with Gasteiger partial charge in [0, 0.05) is 5.75 Å². The Morgan fingerprint density at radius 3 is 2.62 bits per heavy atom. The fourth-order valence-electron chi connectivity index (χ4n) is 3.81. The Bertz CT molecular complexity index is 1080. The molecule has 0 aliphatic carbocycles. The summed E-state index contributed by atoms with van der Waals surface area (Å²) in [5, 5.41) is 19.9. The van der Waals surface area contributed by atoms with Crippen LogP contribution in [0.25, 0.3) is 0 Å². The minimum Gasteiger partial charge on any atom is -0.466 e. The number of benzene rings is 2. The monoisotopic (exact) mass is 472 g/mol. The van der Waals surface area contributed by atoms with E-state index in [-0.39, 0.29) is 12.5 Å². The highest BCUT2D eigenvalue weighted by Gasteiger charge is 2.54. The standard InChI is InChI=1S/C23H25ClN4O3S/c1-3-31-20(29)18-19(17-11-9-15(2)10-12-17)25-21-26-22(27-28(21)23(18,30)14-24)32-13-16-7-5-4-6-8-16/h4-12,18-19,30H,3,13-14H2,1-2H3,(H,25,26,27). The van der Waals surface area contributed by atoms with Gasteiger partial charge >= 0.3 is 5.97 Å². The fraction of sp³-hybridized carbons (Fsp3) is 0.348. The molecule has 0 radical (unpaired) electrons. The number of nitrogens with one attached hydrogen (secondary N) is 1. The van der Waals surface area contributed by atoms with Crippen LogP contribution in [0.4, 0.5) is 5.95 Å². The maximum atomic E-state index is 13.0. The van der Waals surface area contributed by atoms with Crippen LogP contribution in [0, 0.1) is 12.8 Å². The Kier molecular flexibility index (Phi) is 6.74. The smallest absolute Gasteiger partial charge is 0.316 e. The number of rotatable bonds is 7. The van der Waals surface area contributed by atoms with Crippen LogP contribution in [-0.2, 0) is 21.0 Å². The number of aryl methyl sites for hydroxylation is 1. The summed E-state index contributed by atoms with van der Waals surface area (Å²) in [7, 11) is 0. The van der Waals surface area contributed by atoms with E-state index in [1.807, 2.05) is 61.5 Å². The lowest BCUT2D eigenvalue weighted by Gasteiger charge is -2.42. The molecule has 7 nitrogen and oxygen atoms in total. The molecule has 1 aromatic heterocycles. The van der Waals surface area contributed by atoms with Crippen LogP contribution >= 0.6 is 23.4 Å². The Morgan fingerprint density at radius 1 is 1.25 bits per heavy atom. The van der Waals surface area contributed by atoms with Crippen LogP contribution in [0.2, 0.25) is 0 Å². The lowest BCUT2D eigenvalue weighted by molar-refractivity contribution is -0.170. The van der Waals surface area contributed by atoms with Crippen molar-refractivity contribution in [3.05, 3.63) is 71.3 Å². The van der Waals surface area contributed by atoms with Gasteiger partial charge < -0.3 is 15.2 Å². The first-order valence-electron chi connectivity index (χ1n) is 10.4. The Labute approximate surface area is 196 Å². The number of halogens is 1. The summed E-state index contributed by atoms with van der Waals surface area (Å²) in [6.07, 6.45) is 0. The molecule has 4 rings (SSSR count). The topological polar surface area (TPSA) is 89.3 Å². The second kappa shape index (κ2) is 9.52. The Morgan fingerprint density at radius 2 is 1.97 bits per heavy atom. The zero-order chi connectivity index (χ0) is 22.7. The van der Waals surface area contributed by atoms with Gasteiger partial charge in [0.25, 0.3) is 0 Å². The number of ether oxygens (including phenoxy) is 1. The third kappa shape index (κ3) is 4.35. The molecular formula is C23H25ClN4O3S. The molecule has 3 unspecified atom stereocenters. The van der Waals surface area contributed by atoms with Gasteiger partial charge in [-0.05, 0) is 25.0 Å². The summed E-state index contributed by atoms with van der Waals surface area (Å²) in [6.45, 7) is 3.91. The second-order valence-corrected chi connectivity index (χ2v) is 8.89. The van der Waals surface area contributed by atoms with Crippen molar-refractivity contribution in [2.45, 2.75) is 36.5 Å². The van der Waals surface area contributed by atoms with Crippen molar-refractivity contribution in [3.63, 3.8) is 0 Å². The highest BCUT2D eigenvalue weighted by molar-refractivity contribution is 7.98. The number of carbonyl (C=O) groups is 1. The van der Waals surface area contributed by atoms with Gasteiger partial charge in [-0.2, -0.15) is 9.67 Å². The molecule has 3 atom stereocenters. The quantitative estimate of drug-likeness (QED) is 0.304. The highest BCUT2D eigenvalue weighted by atomic mass is 35.5. The van der Waals surface area contributed by atoms with E-state index >= 15 is 0 Å². The van der Waals surface area contributed by atoms with Crippen molar-refractivity contribution < 1.29 is 14.6 Å². The SMILES string of the molecule is CCOC(=O)C1C(c2ccc(C)cc2)Nc2nc(SCc3ccccc3)nn2C1(O)CCl. The average molecular weight is 473 g/mol. The molecule has 2 heterocycles. The fourth-order valence-corrected chi connectivity index (χ4v) is 4.87. The maximum Gasteiger partial charge on any atom is 0.316 e. The molecule has 0 saturated heterocycles. The van der Waals surface area contributed by atoms with Crippen molar-refractivity contribution in [3.8, 4) is 0 Å². The van der Waals surface area contributed by atoms with Gasteiger partial charge in [-0.25, -0.2) is 0 Å². The summed E-state index contributed by atoms with van der Waals surface area (Å²) >= 11 is 7.71. The predicted molar refractivity (Wildman–Crippen MR) is 125 cm³/mol. The van der Waals surface area contributed by atoms with Gasteiger partial charge in [-0.3, -0.25) is 4.79 Å². The van der Waals surface area contributed by atoms with Crippen molar-refractivity contribution in [2.75, 3.05) is 17.8 Å². The molecular weight excluding hydrogens is 448 g/mol. The van der Waals surface area contributed by atoms with E-state index < -0.39 is 23.7 Å². The number of fused-ring (bicyclic) bond motifs is 1. The molecule has 9 heteroatoms. The second-order valence-electron chi connectivity index (χ2n) is 7.68. The van der Waals surface area contributed by atoms with Crippen molar-refractivity contribution in [2.24, 2.45) is 5.92 Å². The number of anilines is 1. The zero-order valence-electron chi connectivity index (χ0n) is 17.9. The minimum atomic E-state index is -1.80. The third-order valence-corrected chi connectivity index (χ3v) is 6.76. The molecule has 2 aromatic carbocycles. The van der Waals surface area contributed by atoms with Gasteiger partial charge in [0.05, 0.1) is 18.5 Å². The number of hydrogen-bond acceptors (Lipinski definition) is 7. The Hall–Kier alpha value is -2.55. The van der Waals surface area contributed by atoms with Gasteiger partial charge in [0.2, 0.25) is 11.1 Å². The largest absolute Gasteiger partial charge is 0.466 e. The number of carbonyl (C=O) groups excluding carboxylic acids is 1. The zero-order valence-corrected chi connectivity index (χ0v) is 19.4. The molecule has 1 aliphatic rings. The predicted octanol–water partition coefficient (Wildman–Crippen LogP) is 4.11. The number of aromatic nitrogens is 3. The van der Waals surface area contributed by atoms with Crippen LogP contribution in [-0.4, -0.2) is 38.3 Å². The van der Waals surface area contributed by atoms with E-state index in [0.29, 0.717) is 16.9 Å². The molecule has 0 amide bonds. The van der Waals surface area contributed by atoms with Crippen LogP contribution in [0.15, 0.2) is 59.8 Å². The van der Waals surface area contributed by atoms with Gasteiger partial charge in [0.1, 0.15) is 5.92 Å². The minimum absolute atomic E-state index is 0.191. The first-order valence-corrected chi connectivity index (χ1v) is 11.9. The third-order valence-electron chi connectivity index (χ3n) is 5.45. The molecule has 0 fully saturated rings. The van der Waals surface area contributed by atoms with Gasteiger partial charge in [-0.15, -0.1) is 16.7 Å². The van der Waals surface area contributed by atoms with E-state index in [0.717, 1.165) is 16.7 Å². The first kappa shape index (κ1) is 22.6. The lowest BCUT2D eigenvalue weighted by atomic mass is 9.83. The summed E-state index contributed by atoms with van der Waals surface area (Å²) in [5.41, 5.74) is 1.24. The van der Waals surface area contributed by atoms with Crippen LogP contribution in [0.3, 0.4) is 0 Å². The molecule has 3 aromatic rings.